The van der Waals surface area contributed by atoms with Crippen molar-refractivity contribution in [2.24, 2.45) is 0 Å². The lowest BCUT2D eigenvalue weighted by Gasteiger charge is -2.41. The second kappa shape index (κ2) is 5.15. The summed E-state index contributed by atoms with van der Waals surface area (Å²) in [5.74, 6) is 0. The number of piperidine rings is 1. The summed E-state index contributed by atoms with van der Waals surface area (Å²) in [4.78, 5) is 6.99. The summed E-state index contributed by atoms with van der Waals surface area (Å²) in [5, 5.41) is 12.0. The van der Waals surface area contributed by atoms with Gasteiger partial charge in [-0.05, 0) is 38.9 Å². The first-order valence-electron chi connectivity index (χ1n) is 7.33. The molecule has 0 aliphatic carbocycles. The van der Waals surface area contributed by atoms with E-state index >= 15 is 0 Å². The summed E-state index contributed by atoms with van der Waals surface area (Å²) in [7, 11) is 2.12. The normalized spacial score (nSPS) is 27.9. The van der Waals surface area contributed by atoms with Crippen LogP contribution in [-0.2, 0) is 6.42 Å². The van der Waals surface area contributed by atoms with Crippen molar-refractivity contribution in [3.63, 3.8) is 0 Å². The van der Waals surface area contributed by atoms with Gasteiger partial charge >= 0.3 is 0 Å². The molecule has 1 fully saturated rings. The maximum atomic E-state index is 10.8. The molecule has 1 N–H and O–H groups in total. The molecule has 106 valence electrons. The number of pyridine rings is 1. The Labute approximate surface area is 120 Å². The van der Waals surface area contributed by atoms with Crippen molar-refractivity contribution in [2.45, 2.75) is 37.8 Å². The summed E-state index contributed by atoms with van der Waals surface area (Å²) in [6.45, 7) is 3.13. The lowest BCUT2D eigenvalue weighted by atomic mass is 9.83. The van der Waals surface area contributed by atoms with Gasteiger partial charge in [-0.2, -0.15) is 0 Å². The first-order valence-corrected chi connectivity index (χ1v) is 7.33. The highest BCUT2D eigenvalue weighted by Crippen LogP contribution is 2.29. The number of para-hydroxylation sites is 1. The summed E-state index contributed by atoms with van der Waals surface area (Å²) in [5.41, 5.74) is 1.39. The Hall–Kier alpha value is -1.45. The van der Waals surface area contributed by atoms with Crippen LogP contribution in [0.3, 0.4) is 0 Å². The predicted octanol–water partition coefficient (Wildman–Crippen LogP) is 2.62. The number of aromatic nitrogens is 1. The molecule has 3 heteroatoms. The second-order valence-electron chi connectivity index (χ2n) is 6.18. The number of hydrogen-bond donors (Lipinski definition) is 1. The molecular weight excluding hydrogens is 248 g/mol. The van der Waals surface area contributed by atoms with Crippen LogP contribution in [0.5, 0.6) is 0 Å². The molecule has 3 nitrogen and oxygen atoms in total. The van der Waals surface area contributed by atoms with E-state index in [1.807, 2.05) is 24.3 Å². The van der Waals surface area contributed by atoms with Crippen LogP contribution in [0.25, 0.3) is 10.9 Å². The average Bonchev–Trinajstić information content (AvgIpc) is 2.43. The monoisotopic (exact) mass is 270 g/mol. The molecule has 3 rings (SSSR count). The molecule has 0 radical (unpaired) electrons. The summed E-state index contributed by atoms with van der Waals surface area (Å²) < 4.78 is 0. The Bertz CT molecular complexity index is 613. The average molecular weight is 270 g/mol. The Morgan fingerprint density at radius 2 is 2.10 bits per heavy atom. The molecule has 20 heavy (non-hydrogen) atoms. The van der Waals surface area contributed by atoms with Gasteiger partial charge < -0.3 is 10.0 Å². The molecule has 1 saturated heterocycles. The molecule has 1 aliphatic rings. The van der Waals surface area contributed by atoms with Gasteiger partial charge in [0.1, 0.15) is 0 Å². The largest absolute Gasteiger partial charge is 0.389 e. The van der Waals surface area contributed by atoms with E-state index in [0.717, 1.165) is 36.0 Å². The first-order chi connectivity index (χ1) is 9.56. The Balaban J connectivity index is 1.82. The zero-order chi connectivity index (χ0) is 14.2. The number of fused-ring (bicyclic) bond motifs is 1. The van der Waals surface area contributed by atoms with E-state index in [0.29, 0.717) is 12.5 Å². The molecule has 0 saturated carbocycles. The van der Waals surface area contributed by atoms with Crippen molar-refractivity contribution in [1.82, 2.24) is 9.88 Å². The number of hydrogen-bond acceptors (Lipinski definition) is 3. The quantitative estimate of drug-likeness (QED) is 0.911. The lowest BCUT2D eigenvalue weighted by Crippen LogP contribution is -2.48. The van der Waals surface area contributed by atoms with E-state index in [1.54, 1.807) is 0 Å². The van der Waals surface area contributed by atoms with Gasteiger partial charge in [0.15, 0.2) is 0 Å². The van der Waals surface area contributed by atoms with Crippen LogP contribution in [0, 0.1) is 0 Å². The van der Waals surface area contributed by atoms with Crippen molar-refractivity contribution in [3.8, 4) is 0 Å². The van der Waals surface area contributed by atoms with Gasteiger partial charge in [0.2, 0.25) is 0 Å². The summed E-state index contributed by atoms with van der Waals surface area (Å²) >= 11 is 0. The molecule has 0 spiro atoms. The highest BCUT2D eigenvalue weighted by atomic mass is 16.3. The SMILES string of the molecule is CC1CC(O)(Cc2ccc3ccccc3n2)CCN1C. The molecular formula is C17H22N2O. The van der Waals surface area contributed by atoms with Crippen molar-refractivity contribution >= 4 is 10.9 Å². The van der Waals surface area contributed by atoms with Gasteiger partial charge in [-0.25, -0.2) is 0 Å². The van der Waals surface area contributed by atoms with Gasteiger partial charge in [0.25, 0.3) is 0 Å². The fraction of sp³-hybridized carbons (Fsp3) is 0.471. The number of benzene rings is 1. The van der Waals surface area contributed by atoms with Crippen LogP contribution < -0.4 is 0 Å². The van der Waals surface area contributed by atoms with Crippen LogP contribution >= 0.6 is 0 Å². The van der Waals surface area contributed by atoms with Crippen LogP contribution in [0.4, 0.5) is 0 Å². The van der Waals surface area contributed by atoms with Crippen LogP contribution in [-0.4, -0.2) is 40.2 Å². The van der Waals surface area contributed by atoms with Crippen molar-refractivity contribution in [3.05, 3.63) is 42.1 Å². The smallest absolute Gasteiger partial charge is 0.0730 e. The predicted molar refractivity (Wildman–Crippen MR) is 81.7 cm³/mol. The van der Waals surface area contributed by atoms with Crippen LogP contribution in [0.1, 0.15) is 25.5 Å². The minimum absolute atomic E-state index is 0.425. The molecule has 1 aromatic carbocycles. The number of nitrogens with zero attached hydrogens (tertiary/aromatic N) is 2. The Morgan fingerprint density at radius 1 is 1.30 bits per heavy atom. The lowest BCUT2D eigenvalue weighted by molar-refractivity contribution is -0.0359. The van der Waals surface area contributed by atoms with Crippen LogP contribution in [0.15, 0.2) is 36.4 Å². The Kier molecular flexibility index (Phi) is 3.48. The van der Waals surface area contributed by atoms with Crippen molar-refractivity contribution < 1.29 is 5.11 Å². The summed E-state index contributed by atoms with van der Waals surface area (Å²) in [6, 6.07) is 12.7. The highest BCUT2D eigenvalue weighted by Gasteiger charge is 2.35. The highest BCUT2D eigenvalue weighted by molar-refractivity contribution is 5.78. The third-order valence-electron chi connectivity index (χ3n) is 4.52. The number of rotatable bonds is 2. The topological polar surface area (TPSA) is 36.4 Å². The van der Waals surface area contributed by atoms with Gasteiger partial charge in [-0.3, -0.25) is 4.98 Å². The van der Waals surface area contributed by atoms with Gasteiger partial charge in [0, 0.05) is 30.1 Å². The minimum atomic E-state index is -0.610. The maximum Gasteiger partial charge on any atom is 0.0730 e. The number of aliphatic hydroxyl groups is 1. The molecule has 1 aliphatic heterocycles. The van der Waals surface area contributed by atoms with Crippen molar-refractivity contribution in [1.29, 1.82) is 0 Å². The van der Waals surface area contributed by atoms with Gasteiger partial charge in [-0.15, -0.1) is 0 Å². The second-order valence-corrected chi connectivity index (χ2v) is 6.18. The van der Waals surface area contributed by atoms with E-state index < -0.39 is 5.60 Å². The van der Waals surface area contributed by atoms with Crippen molar-refractivity contribution in [2.75, 3.05) is 13.6 Å². The fourth-order valence-electron chi connectivity index (χ4n) is 3.12. The minimum Gasteiger partial charge on any atom is -0.389 e. The molecule has 2 aromatic rings. The molecule has 2 heterocycles. The molecule has 2 atom stereocenters. The Morgan fingerprint density at radius 3 is 2.90 bits per heavy atom. The van der Waals surface area contributed by atoms with Gasteiger partial charge in [-0.1, -0.05) is 24.3 Å². The standard InChI is InChI=1S/C17H22N2O/c1-13-11-17(20,9-10-19(13)2)12-15-8-7-14-5-3-4-6-16(14)18-15/h3-8,13,20H,9-12H2,1-2H3. The zero-order valence-corrected chi connectivity index (χ0v) is 12.2. The van der Waals surface area contributed by atoms with E-state index in [-0.39, 0.29) is 0 Å². The molecule has 0 amide bonds. The summed E-state index contributed by atoms with van der Waals surface area (Å²) in [6.07, 6.45) is 2.29. The molecule has 2 unspecified atom stereocenters. The first kappa shape index (κ1) is 13.5. The number of likely N-dealkylation sites (tertiary alicyclic amines) is 1. The van der Waals surface area contributed by atoms with Crippen LogP contribution in [0.2, 0.25) is 0 Å². The van der Waals surface area contributed by atoms with E-state index in [2.05, 4.69) is 36.0 Å². The zero-order valence-electron chi connectivity index (χ0n) is 12.2. The van der Waals surface area contributed by atoms with E-state index in [4.69, 9.17) is 0 Å². The van der Waals surface area contributed by atoms with Gasteiger partial charge in [0.05, 0.1) is 11.1 Å². The van der Waals surface area contributed by atoms with E-state index in [1.165, 1.54) is 0 Å². The third-order valence-corrected chi connectivity index (χ3v) is 4.52. The fourth-order valence-corrected chi connectivity index (χ4v) is 3.12. The maximum absolute atomic E-state index is 10.8. The third kappa shape index (κ3) is 2.69. The molecule has 0 bridgehead atoms. The molecule has 1 aromatic heterocycles. The van der Waals surface area contributed by atoms with E-state index in [9.17, 15) is 5.11 Å².